The standard InChI is InChI=1S/C8H16N4O/c1-6(9-2)5-7-10-8(11-13-7)12(3)4/h6,9H,5H2,1-4H3. The maximum Gasteiger partial charge on any atom is 0.265 e. The van der Waals surface area contributed by atoms with E-state index in [1.807, 2.05) is 26.0 Å². The molecular weight excluding hydrogens is 168 g/mol. The molecule has 1 aromatic heterocycles. The Bertz CT molecular complexity index is 258. The molecule has 0 aliphatic heterocycles. The van der Waals surface area contributed by atoms with Crippen LogP contribution in [-0.4, -0.2) is 37.3 Å². The summed E-state index contributed by atoms with van der Waals surface area (Å²) in [6.45, 7) is 2.07. The van der Waals surface area contributed by atoms with E-state index < -0.39 is 0 Å². The number of hydrogen-bond donors (Lipinski definition) is 1. The summed E-state index contributed by atoms with van der Waals surface area (Å²) < 4.78 is 5.06. The first-order chi connectivity index (χ1) is 6.13. The molecule has 0 aliphatic rings. The molecule has 1 heterocycles. The van der Waals surface area contributed by atoms with Crippen LogP contribution >= 0.6 is 0 Å². The Kier molecular flexibility index (Phi) is 3.25. The van der Waals surface area contributed by atoms with Crippen LogP contribution in [0.5, 0.6) is 0 Å². The Morgan fingerprint density at radius 2 is 2.23 bits per heavy atom. The summed E-state index contributed by atoms with van der Waals surface area (Å²) in [5, 5.41) is 6.93. The molecule has 1 unspecified atom stereocenters. The molecule has 5 heteroatoms. The van der Waals surface area contributed by atoms with Gasteiger partial charge in [-0.15, -0.1) is 0 Å². The van der Waals surface area contributed by atoms with Gasteiger partial charge in [-0.3, -0.25) is 0 Å². The molecule has 1 aromatic rings. The van der Waals surface area contributed by atoms with E-state index in [4.69, 9.17) is 4.52 Å². The number of aromatic nitrogens is 2. The zero-order chi connectivity index (χ0) is 9.84. The van der Waals surface area contributed by atoms with Crippen molar-refractivity contribution in [1.82, 2.24) is 15.5 Å². The van der Waals surface area contributed by atoms with Crippen LogP contribution in [0, 0.1) is 0 Å². The monoisotopic (exact) mass is 184 g/mol. The van der Waals surface area contributed by atoms with Gasteiger partial charge in [0.2, 0.25) is 5.89 Å². The van der Waals surface area contributed by atoms with Crippen LogP contribution < -0.4 is 10.2 Å². The maximum atomic E-state index is 5.06. The molecule has 0 aromatic carbocycles. The molecule has 74 valence electrons. The third-order valence-electron chi connectivity index (χ3n) is 1.83. The zero-order valence-corrected chi connectivity index (χ0v) is 8.53. The molecule has 1 rings (SSSR count). The average molecular weight is 184 g/mol. The lowest BCUT2D eigenvalue weighted by atomic mass is 10.2. The van der Waals surface area contributed by atoms with Crippen LogP contribution in [0.15, 0.2) is 4.52 Å². The molecule has 0 saturated carbocycles. The summed E-state index contributed by atoms with van der Waals surface area (Å²) >= 11 is 0. The second-order valence-corrected chi connectivity index (χ2v) is 3.28. The third kappa shape index (κ3) is 2.69. The van der Waals surface area contributed by atoms with E-state index in [0.29, 0.717) is 17.9 Å². The fourth-order valence-electron chi connectivity index (χ4n) is 0.874. The van der Waals surface area contributed by atoms with Crippen molar-refractivity contribution in [3.8, 4) is 0 Å². The van der Waals surface area contributed by atoms with E-state index in [1.165, 1.54) is 0 Å². The maximum absolute atomic E-state index is 5.06. The molecule has 1 N–H and O–H groups in total. The normalized spacial score (nSPS) is 12.9. The van der Waals surface area contributed by atoms with Crippen LogP contribution in [0.4, 0.5) is 5.95 Å². The molecule has 0 saturated heterocycles. The van der Waals surface area contributed by atoms with Gasteiger partial charge in [0.15, 0.2) is 0 Å². The molecule has 13 heavy (non-hydrogen) atoms. The second kappa shape index (κ2) is 4.23. The van der Waals surface area contributed by atoms with Gasteiger partial charge in [-0.05, 0) is 19.1 Å². The topological polar surface area (TPSA) is 54.2 Å². The van der Waals surface area contributed by atoms with Gasteiger partial charge in [0.25, 0.3) is 5.95 Å². The first kappa shape index (κ1) is 9.98. The SMILES string of the molecule is CNC(C)Cc1nc(N(C)C)no1. The fourth-order valence-corrected chi connectivity index (χ4v) is 0.874. The van der Waals surface area contributed by atoms with Crippen molar-refractivity contribution in [2.75, 3.05) is 26.0 Å². The van der Waals surface area contributed by atoms with Crippen LogP contribution in [-0.2, 0) is 6.42 Å². The minimum Gasteiger partial charge on any atom is -0.344 e. The van der Waals surface area contributed by atoms with Gasteiger partial charge in [-0.25, -0.2) is 0 Å². The number of anilines is 1. The van der Waals surface area contributed by atoms with Gasteiger partial charge in [-0.2, -0.15) is 4.98 Å². The Labute approximate surface area is 78.1 Å². The summed E-state index contributed by atoms with van der Waals surface area (Å²) in [6.07, 6.45) is 0.761. The number of nitrogens with one attached hydrogen (secondary N) is 1. The molecule has 1 atom stereocenters. The van der Waals surface area contributed by atoms with Crippen LogP contribution in [0.1, 0.15) is 12.8 Å². The van der Waals surface area contributed by atoms with Gasteiger partial charge in [0.1, 0.15) is 0 Å². The van der Waals surface area contributed by atoms with E-state index in [-0.39, 0.29) is 0 Å². The molecule has 0 aliphatic carbocycles. The third-order valence-corrected chi connectivity index (χ3v) is 1.83. The minimum absolute atomic E-state index is 0.357. The van der Waals surface area contributed by atoms with E-state index >= 15 is 0 Å². The molecule has 0 spiro atoms. The summed E-state index contributed by atoms with van der Waals surface area (Å²) in [7, 11) is 5.68. The number of likely N-dealkylation sites (N-methyl/N-ethyl adjacent to an activating group) is 1. The van der Waals surface area contributed by atoms with Crippen LogP contribution in [0.25, 0.3) is 0 Å². The Morgan fingerprint density at radius 3 is 2.69 bits per heavy atom. The highest BCUT2D eigenvalue weighted by Gasteiger charge is 2.09. The fraction of sp³-hybridized carbons (Fsp3) is 0.750. The van der Waals surface area contributed by atoms with E-state index in [0.717, 1.165) is 6.42 Å². The van der Waals surface area contributed by atoms with E-state index in [1.54, 1.807) is 0 Å². The van der Waals surface area contributed by atoms with Crippen molar-refractivity contribution in [3.05, 3.63) is 5.89 Å². The average Bonchev–Trinajstić information content (AvgIpc) is 2.52. The molecule has 0 amide bonds. The quantitative estimate of drug-likeness (QED) is 0.728. The highest BCUT2D eigenvalue weighted by atomic mass is 16.5. The highest BCUT2D eigenvalue weighted by molar-refractivity contribution is 5.23. The van der Waals surface area contributed by atoms with E-state index in [9.17, 15) is 0 Å². The highest BCUT2D eigenvalue weighted by Crippen LogP contribution is 2.06. The van der Waals surface area contributed by atoms with Crippen LogP contribution in [0.3, 0.4) is 0 Å². The van der Waals surface area contributed by atoms with Gasteiger partial charge in [-0.1, -0.05) is 0 Å². The van der Waals surface area contributed by atoms with Crippen molar-refractivity contribution in [3.63, 3.8) is 0 Å². The smallest absolute Gasteiger partial charge is 0.265 e. The first-order valence-corrected chi connectivity index (χ1v) is 4.30. The molecular formula is C8H16N4O. The van der Waals surface area contributed by atoms with Crippen molar-refractivity contribution >= 4 is 5.95 Å². The summed E-state index contributed by atoms with van der Waals surface area (Å²) in [5.74, 6) is 1.30. The minimum atomic E-state index is 0.357. The predicted octanol–water partition coefficient (Wildman–Crippen LogP) is 0.286. The summed E-state index contributed by atoms with van der Waals surface area (Å²) in [4.78, 5) is 6.02. The lowest BCUT2D eigenvalue weighted by molar-refractivity contribution is 0.365. The number of hydrogen-bond acceptors (Lipinski definition) is 5. The van der Waals surface area contributed by atoms with Crippen molar-refractivity contribution in [2.45, 2.75) is 19.4 Å². The summed E-state index contributed by atoms with van der Waals surface area (Å²) in [6, 6.07) is 0.357. The molecule has 0 fully saturated rings. The van der Waals surface area contributed by atoms with Crippen molar-refractivity contribution in [2.24, 2.45) is 0 Å². The lowest BCUT2D eigenvalue weighted by Crippen LogP contribution is -2.23. The predicted molar refractivity (Wildman–Crippen MR) is 50.9 cm³/mol. The Hall–Kier alpha value is -1.10. The van der Waals surface area contributed by atoms with Crippen molar-refractivity contribution < 1.29 is 4.52 Å². The largest absolute Gasteiger partial charge is 0.344 e. The molecule has 0 radical (unpaired) electrons. The number of nitrogens with zero attached hydrogens (tertiary/aromatic N) is 3. The summed E-state index contributed by atoms with van der Waals surface area (Å²) in [5.41, 5.74) is 0. The van der Waals surface area contributed by atoms with Gasteiger partial charge in [0, 0.05) is 26.6 Å². The zero-order valence-electron chi connectivity index (χ0n) is 8.53. The van der Waals surface area contributed by atoms with E-state index in [2.05, 4.69) is 22.4 Å². The van der Waals surface area contributed by atoms with Gasteiger partial charge >= 0.3 is 0 Å². The van der Waals surface area contributed by atoms with Crippen LogP contribution in [0.2, 0.25) is 0 Å². The lowest BCUT2D eigenvalue weighted by Gasteiger charge is -2.05. The Morgan fingerprint density at radius 1 is 1.54 bits per heavy atom. The second-order valence-electron chi connectivity index (χ2n) is 3.28. The van der Waals surface area contributed by atoms with Gasteiger partial charge < -0.3 is 14.7 Å². The molecule has 5 nitrogen and oxygen atoms in total. The molecule has 0 bridgehead atoms. The first-order valence-electron chi connectivity index (χ1n) is 4.30. The van der Waals surface area contributed by atoms with Gasteiger partial charge in [0.05, 0.1) is 0 Å². The number of rotatable bonds is 4. The van der Waals surface area contributed by atoms with Crippen molar-refractivity contribution in [1.29, 1.82) is 0 Å². The Balaban J connectivity index is 2.58.